The van der Waals surface area contributed by atoms with Crippen LogP contribution in [0.2, 0.25) is 0 Å². The molecule has 1 atom stereocenters. The second kappa shape index (κ2) is 17.0. The average molecular weight is 918 g/mol. The summed E-state index contributed by atoms with van der Waals surface area (Å²) in [5, 5.41) is 9.90. The zero-order valence-electron chi connectivity index (χ0n) is 39.7. The Morgan fingerprint density at radius 2 is 0.833 bits per heavy atom. The molecule has 1 aliphatic rings. The lowest BCUT2D eigenvalue weighted by Gasteiger charge is -2.35. The number of aliphatic imine (C=N–C) groups is 1. The van der Waals surface area contributed by atoms with E-state index >= 15 is 0 Å². The highest BCUT2D eigenvalue weighted by molar-refractivity contribution is 6.30. The first-order valence-electron chi connectivity index (χ1n) is 24.9. The van der Waals surface area contributed by atoms with Crippen LogP contribution in [-0.4, -0.2) is 17.3 Å². The summed E-state index contributed by atoms with van der Waals surface area (Å²) in [5.41, 5.74) is 18.6. The first-order valence-corrected chi connectivity index (χ1v) is 24.9. The molecule has 72 heavy (non-hydrogen) atoms. The fourth-order valence-electron chi connectivity index (χ4n) is 11.6. The summed E-state index contributed by atoms with van der Waals surface area (Å²) in [5.74, 6) is 0. The van der Waals surface area contributed by atoms with Gasteiger partial charge in [-0.2, -0.15) is 0 Å². The molecule has 0 saturated heterocycles. The molecule has 0 bridgehead atoms. The normalized spacial score (nSPS) is 13.5. The van der Waals surface area contributed by atoms with Crippen LogP contribution in [0.25, 0.3) is 104 Å². The summed E-state index contributed by atoms with van der Waals surface area (Å²) in [7, 11) is 2.19. The molecule has 0 radical (unpaired) electrons. The Morgan fingerprint density at radius 1 is 0.319 bits per heavy atom. The zero-order valence-corrected chi connectivity index (χ0v) is 39.7. The van der Waals surface area contributed by atoms with Crippen molar-refractivity contribution < 1.29 is 0 Å². The molecule has 3 heteroatoms. The van der Waals surface area contributed by atoms with Crippen molar-refractivity contribution >= 4 is 65.5 Å². The molecule has 3 nitrogen and oxygen atoms in total. The molecule has 14 rings (SSSR count). The molecule has 0 saturated carbocycles. The van der Waals surface area contributed by atoms with Crippen molar-refractivity contribution in [3.63, 3.8) is 0 Å². The van der Waals surface area contributed by atoms with E-state index in [0.717, 1.165) is 39.3 Å². The fraction of sp³-hybridized carbons (Fsp3) is 0.0290. The summed E-state index contributed by atoms with van der Waals surface area (Å²) in [6.07, 6.45) is -0.278. The van der Waals surface area contributed by atoms with E-state index in [-0.39, 0.29) is 6.17 Å². The Bertz CT molecular complexity index is 4210. The molecular weight excluding hydrogens is 871 g/mol. The SMILES string of the molecule is CN1c2ccccc2C(c2ccc(-c3cc(-c4ccccc4)cc(-c4ccccc4)c3)cc2)=NC1c1ccc(-n2c3ccc4ccccc4c3c3c4ccccc4c(-c4ccccc4)cc32)c2ccccc12. The number of aromatic nitrogens is 1. The van der Waals surface area contributed by atoms with Crippen molar-refractivity contribution in [1.29, 1.82) is 0 Å². The molecule has 1 aliphatic heterocycles. The highest BCUT2D eigenvalue weighted by Gasteiger charge is 2.30. The second-order valence-electron chi connectivity index (χ2n) is 19.1. The molecule has 0 N–H and O–H groups in total. The van der Waals surface area contributed by atoms with Crippen molar-refractivity contribution in [2.75, 3.05) is 11.9 Å². The van der Waals surface area contributed by atoms with E-state index in [1.165, 1.54) is 93.1 Å². The average Bonchev–Trinajstić information content (AvgIpc) is 3.80. The number of anilines is 1. The van der Waals surface area contributed by atoms with Crippen LogP contribution in [0.3, 0.4) is 0 Å². The lowest BCUT2D eigenvalue weighted by molar-refractivity contribution is 0.704. The maximum Gasteiger partial charge on any atom is 0.148 e. The van der Waals surface area contributed by atoms with Crippen LogP contribution in [-0.2, 0) is 0 Å². The first-order chi connectivity index (χ1) is 35.6. The predicted molar refractivity (Wildman–Crippen MR) is 305 cm³/mol. The Morgan fingerprint density at radius 3 is 1.51 bits per heavy atom. The number of hydrogen-bond donors (Lipinski definition) is 0. The third-order valence-electron chi connectivity index (χ3n) is 15.0. The smallest absolute Gasteiger partial charge is 0.148 e. The van der Waals surface area contributed by atoms with Gasteiger partial charge in [0.2, 0.25) is 0 Å². The number of nitrogens with zero attached hydrogens (tertiary/aromatic N) is 3. The quantitative estimate of drug-likeness (QED) is 0.156. The lowest BCUT2D eigenvalue weighted by atomic mass is 9.91. The van der Waals surface area contributed by atoms with Crippen LogP contribution < -0.4 is 4.90 Å². The molecule has 1 aromatic heterocycles. The molecule has 13 aromatic rings. The molecule has 0 amide bonds. The molecule has 0 fully saturated rings. The van der Waals surface area contributed by atoms with E-state index in [1.54, 1.807) is 0 Å². The summed E-state index contributed by atoms with van der Waals surface area (Å²) in [4.78, 5) is 8.09. The Kier molecular flexibility index (Phi) is 9.82. The van der Waals surface area contributed by atoms with Crippen LogP contribution >= 0.6 is 0 Å². The van der Waals surface area contributed by atoms with Gasteiger partial charge in [-0.05, 0) is 114 Å². The third-order valence-corrected chi connectivity index (χ3v) is 15.0. The van der Waals surface area contributed by atoms with Crippen molar-refractivity contribution in [2.45, 2.75) is 6.17 Å². The van der Waals surface area contributed by atoms with Gasteiger partial charge in [0.05, 0.1) is 22.4 Å². The van der Waals surface area contributed by atoms with Crippen LogP contribution in [0.5, 0.6) is 0 Å². The van der Waals surface area contributed by atoms with Gasteiger partial charge in [-0.15, -0.1) is 0 Å². The molecule has 338 valence electrons. The fourth-order valence-corrected chi connectivity index (χ4v) is 11.6. The van der Waals surface area contributed by atoms with E-state index < -0.39 is 0 Å². The molecule has 0 spiro atoms. The van der Waals surface area contributed by atoms with Gasteiger partial charge in [-0.25, -0.2) is 0 Å². The van der Waals surface area contributed by atoms with Gasteiger partial charge in [0, 0.05) is 45.6 Å². The molecule has 2 heterocycles. The summed E-state index contributed by atoms with van der Waals surface area (Å²) in [6.45, 7) is 0. The molecule has 0 aliphatic carbocycles. The Hall–Kier alpha value is -9.31. The Labute approximate surface area is 418 Å². The van der Waals surface area contributed by atoms with Gasteiger partial charge >= 0.3 is 0 Å². The van der Waals surface area contributed by atoms with E-state index in [2.05, 4.69) is 277 Å². The number of hydrogen-bond acceptors (Lipinski definition) is 2. The van der Waals surface area contributed by atoms with Crippen molar-refractivity contribution in [3.8, 4) is 50.2 Å². The molecule has 12 aromatic carbocycles. The van der Waals surface area contributed by atoms with Gasteiger partial charge in [0.25, 0.3) is 0 Å². The van der Waals surface area contributed by atoms with Crippen molar-refractivity contribution in [1.82, 2.24) is 4.57 Å². The lowest BCUT2D eigenvalue weighted by Crippen LogP contribution is -2.30. The third kappa shape index (κ3) is 6.77. The number of para-hydroxylation sites is 1. The van der Waals surface area contributed by atoms with Crippen molar-refractivity contribution in [2.24, 2.45) is 4.99 Å². The largest absolute Gasteiger partial charge is 0.349 e. The minimum absolute atomic E-state index is 0.278. The van der Waals surface area contributed by atoms with E-state index in [1.807, 2.05) is 0 Å². The van der Waals surface area contributed by atoms with E-state index in [9.17, 15) is 0 Å². The first kappa shape index (κ1) is 41.6. The van der Waals surface area contributed by atoms with Crippen LogP contribution in [0, 0.1) is 0 Å². The van der Waals surface area contributed by atoms with Crippen LogP contribution in [0.1, 0.15) is 22.9 Å². The number of rotatable bonds is 7. The summed E-state index contributed by atoms with van der Waals surface area (Å²) >= 11 is 0. The maximum atomic E-state index is 5.75. The molecular formula is C69H47N3. The van der Waals surface area contributed by atoms with E-state index in [4.69, 9.17) is 4.99 Å². The van der Waals surface area contributed by atoms with E-state index in [0.29, 0.717) is 0 Å². The van der Waals surface area contributed by atoms with Gasteiger partial charge < -0.3 is 9.47 Å². The minimum atomic E-state index is -0.278. The topological polar surface area (TPSA) is 20.5 Å². The van der Waals surface area contributed by atoms with Gasteiger partial charge in [-0.1, -0.05) is 218 Å². The Balaban J connectivity index is 0.931. The van der Waals surface area contributed by atoms with Crippen LogP contribution in [0.15, 0.2) is 266 Å². The predicted octanol–water partition coefficient (Wildman–Crippen LogP) is 17.9. The van der Waals surface area contributed by atoms with Crippen molar-refractivity contribution in [3.05, 3.63) is 278 Å². The number of fused-ring (bicyclic) bond motifs is 9. The minimum Gasteiger partial charge on any atom is -0.349 e. The second-order valence-corrected chi connectivity index (χ2v) is 19.1. The molecule has 1 unspecified atom stereocenters. The standard InChI is InChI=1S/C69H47N3/c1-71-62-32-18-17-31-60(62)68(50-35-33-47(34-36-50)53-42-51(45-19-5-2-6-20-45)41-52(43-53)46-21-7-3-8-22-46)70-69(71)59-38-40-63(57-29-15-13-27-55(57)59)72-64-39-37-49-25-11-12-26-54(49)66(64)67-58-30-16-14-28-56(58)61(44-65(67)72)48-23-9-4-10-24-48/h2-44,69H,1H3. The zero-order chi connectivity index (χ0) is 47.7. The number of benzene rings is 12. The highest BCUT2D eigenvalue weighted by atomic mass is 15.2. The highest BCUT2D eigenvalue weighted by Crippen LogP contribution is 2.46. The van der Waals surface area contributed by atoms with Gasteiger partial charge in [-0.3, -0.25) is 4.99 Å². The van der Waals surface area contributed by atoms with Gasteiger partial charge in [0.15, 0.2) is 0 Å². The monoisotopic (exact) mass is 917 g/mol. The van der Waals surface area contributed by atoms with Gasteiger partial charge in [0.1, 0.15) is 6.17 Å². The van der Waals surface area contributed by atoms with Crippen LogP contribution in [0.4, 0.5) is 5.69 Å². The maximum absolute atomic E-state index is 5.75. The summed E-state index contributed by atoms with van der Waals surface area (Å²) in [6, 6.07) is 95.3. The summed E-state index contributed by atoms with van der Waals surface area (Å²) < 4.78 is 2.52.